The summed E-state index contributed by atoms with van der Waals surface area (Å²) in [6.07, 6.45) is 15.3. The number of methoxy groups -OCH3 is 1. The lowest BCUT2D eigenvalue weighted by atomic mass is 10.1. The van der Waals surface area contributed by atoms with Crippen molar-refractivity contribution in [1.82, 2.24) is 0 Å². The molecule has 1 N–H and O–H groups in total. The first-order valence-electron chi connectivity index (χ1n) is 9.67. The third-order valence-electron chi connectivity index (χ3n) is 4.30. The summed E-state index contributed by atoms with van der Waals surface area (Å²) < 4.78 is 4.64. The minimum atomic E-state index is -0.318. The van der Waals surface area contributed by atoms with Gasteiger partial charge in [0.2, 0.25) is 0 Å². The van der Waals surface area contributed by atoms with E-state index in [0.717, 1.165) is 32.1 Å². The van der Waals surface area contributed by atoms with Crippen LogP contribution in [-0.4, -0.2) is 24.3 Å². The van der Waals surface area contributed by atoms with Crippen molar-refractivity contribution in [3.05, 3.63) is 28.0 Å². The summed E-state index contributed by atoms with van der Waals surface area (Å²) in [4.78, 5) is 13.6. The van der Waals surface area contributed by atoms with E-state index < -0.39 is 0 Å². The summed E-state index contributed by atoms with van der Waals surface area (Å²) in [5.74, 6) is -0.102. The van der Waals surface area contributed by atoms with Gasteiger partial charge in [0.05, 0.1) is 13.2 Å². The molecule has 0 fully saturated rings. The minimum absolute atomic E-state index is 0.102. The fourth-order valence-corrected chi connectivity index (χ4v) is 3.69. The molecule has 3 nitrogen and oxygen atoms in total. The molecule has 0 aliphatic rings. The SMILES string of the molecule is CCCCCC(O)C=Cc1ccc(CCCCCCCC(=O)OC)s1. The number of aliphatic hydroxyl groups is 1. The van der Waals surface area contributed by atoms with Gasteiger partial charge in [-0.1, -0.05) is 51.5 Å². The van der Waals surface area contributed by atoms with Gasteiger partial charge < -0.3 is 9.84 Å². The predicted molar refractivity (Wildman–Crippen MR) is 107 cm³/mol. The number of hydrogen-bond donors (Lipinski definition) is 1. The van der Waals surface area contributed by atoms with E-state index in [-0.39, 0.29) is 12.1 Å². The monoisotopic (exact) mass is 366 g/mol. The molecule has 0 radical (unpaired) electrons. The molecule has 0 bridgehead atoms. The maximum absolute atomic E-state index is 11.0. The van der Waals surface area contributed by atoms with Crippen LogP contribution in [0.3, 0.4) is 0 Å². The Morgan fingerprint density at radius 3 is 2.68 bits per heavy atom. The van der Waals surface area contributed by atoms with Crippen LogP contribution in [0, 0.1) is 0 Å². The Labute approximate surface area is 157 Å². The van der Waals surface area contributed by atoms with Crippen molar-refractivity contribution in [2.24, 2.45) is 0 Å². The first-order chi connectivity index (χ1) is 12.2. The van der Waals surface area contributed by atoms with Crippen LogP contribution in [0.4, 0.5) is 0 Å². The maximum atomic E-state index is 11.0. The number of aliphatic hydroxyl groups excluding tert-OH is 1. The van der Waals surface area contributed by atoms with Gasteiger partial charge in [0.25, 0.3) is 0 Å². The van der Waals surface area contributed by atoms with Crippen molar-refractivity contribution in [2.45, 2.75) is 83.7 Å². The van der Waals surface area contributed by atoms with Gasteiger partial charge >= 0.3 is 5.97 Å². The van der Waals surface area contributed by atoms with Gasteiger partial charge in [-0.05, 0) is 43.9 Å². The van der Waals surface area contributed by atoms with Gasteiger partial charge in [0, 0.05) is 16.2 Å². The van der Waals surface area contributed by atoms with E-state index in [9.17, 15) is 9.90 Å². The third kappa shape index (κ3) is 11.2. The Kier molecular flexibility index (Phi) is 12.3. The number of unbranched alkanes of at least 4 members (excludes halogenated alkanes) is 6. The zero-order valence-electron chi connectivity index (χ0n) is 15.8. The Morgan fingerprint density at radius 1 is 1.16 bits per heavy atom. The van der Waals surface area contributed by atoms with E-state index in [1.165, 1.54) is 49.0 Å². The number of ether oxygens (including phenoxy) is 1. The lowest BCUT2D eigenvalue weighted by molar-refractivity contribution is -0.140. The maximum Gasteiger partial charge on any atom is 0.305 e. The smallest absolute Gasteiger partial charge is 0.305 e. The number of rotatable bonds is 14. The number of thiophene rings is 1. The Hall–Kier alpha value is -1.13. The van der Waals surface area contributed by atoms with Gasteiger partial charge in [-0.15, -0.1) is 11.3 Å². The van der Waals surface area contributed by atoms with Crippen LogP contribution in [0.5, 0.6) is 0 Å². The molecule has 1 aromatic heterocycles. The third-order valence-corrected chi connectivity index (χ3v) is 5.41. The molecule has 1 unspecified atom stereocenters. The molecule has 25 heavy (non-hydrogen) atoms. The molecule has 1 aromatic rings. The molecule has 0 saturated carbocycles. The minimum Gasteiger partial charge on any atom is -0.469 e. The van der Waals surface area contributed by atoms with E-state index in [1.54, 1.807) is 0 Å². The number of hydrogen-bond acceptors (Lipinski definition) is 4. The average molecular weight is 367 g/mol. The molecule has 0 aromatic carbocycles. The molecule has 1 rings (SSSR count). The van der Waals surface area contributed by atoms with E-state index in [4.69, 9.17) is 0 Å². The van der Waals surface area contributed by atoms with Crippen molar-refractivity contribution in [2.75, 3.05) is 7.11 Å². The molecular formula is C21H34O3S. The van der Waals surface area contributed by atoms with Gasteiger partial charge in [-0.25, -0.2) is 0 Å². The number of aryl methyl sites for hydroxylation is 1. The number of esters is 1. The molecule has 4 heteroatoms. The van der Waals surface area contributed by atoms with Crippen molar-refractivity contribution >= 4 is 23.4 Å². The highest BCUT2D eigenvalue weighted by atomic mass is 32.1. The Balaban J connectivity index is 2.13. The van der Waals surface area contributed by atoms with Crippen LogP contribution in [0.1, 0.15) is 80.9 Å². The predicted octanol–water partition coefficient (Wildman–Crippen LogP) is 5.76. The van der Waals surface area contributed by atoms with E-state index in [1.807, 2.05) is 17.4 Å². The normalized spacial score (nSPS) is 12.6. The highest BCUT2D eigenvalue weighted by molar-refractivity contribution is 7.12. The van der Waals surface area contributed by atoms with Gasteiger partial charge in [0.1, 0.15) is 0 Å². The highest BCUT2D eigenvalue weighted by Crippen LogP contribution is 2.21. The molecule has 0 amide bonds. The second-order valence-corrected chi connectivity index (χ2v) is 7.77. The highest BCUT2D eigenvalue weighted by Gasteiger charge is 2.02. The van der Waals surface area contributed by atoms with Gasteiger partial charge in [-0.2, -0.15) is 0 Å². The second kappa shape index (κ2) is 14.1. The van der Waals surface area contributed by atoms with E-state index >= 15 is 0 Å². The van der Waals surface area contributed by atoms with Crippen molar-refractivity contribution in [3.8, 4) is 0 Å². The molecular weight excluding hydrogens is 332 g/mol. The van der Waals surface area contributed by atoms with Crippen LogP contribution in [-0.2, 0) is 16.0 Å². The fraction of sp³-hybridized carbons (Fsp3) is 0.667. The number of carbonyl (C=O) groups excluding carboxylic acids is 1. The van der Waals surface area contributed by atoms with Crippen molar-refractivity contribution in [1.29, 1.82) is 0 Å². The van der Waals surface area contributed by atoms with Crippen LogP contribution in [0.25, 0.3) is 6.08 Å². The largest absolute Gasteiger partial charge is 0.469 e. The van der Waals surface area contributed by atoms with Crippen LogP contribution >= 0.6 is 11.3 Å². The van der Waals surface area contributed by atoms with E-state index in [0.29, 0.717) is 6.42 Å². The Bertz CT molecular complexity index is 493. The molecule has 0 spiro atoms. The summed E-state index contributed by atoms with van der Waals surface area (Å²) in [6.45, 7) is 2.18. The zero-order chi connectivity index (χ0) is 18.3. The first kappa shape index (κ1) is 21.9. The average Bonchev–Trinajstić information content (AvgIpc) is 3.07. The molecule has 1 atom stereocenters. The summed E-state index contributed by atoms with van der Waals surface area (Å²) in [6, 6.07) is 4.34. The second-order valence-electron chi connectivity index (χ2n) is 6.57. The Morgan fingerprint density at radius 2 is 1.92 bits per heavy atom. The summed E-state index contributed by atoms with van der Waals surface area (Å²) in [5.41, 5.74) is 0. The summed E-state index contributed by atoms with van der Waals surface area (Å²) in [5, 5.41) is 9.93. The van der Waals surface area contributed by atoms with Crippen molar-refractivity contribution in [3.63, 3.8) is 0 Å². The zero-order valence-corrected chi connectivity index (χ0v) is 16.7. The molecule has 0 aliphatic heterocycles. The van der Waals surface area contributed by atoms with Crippen LogP contribution in [0.15, 0.2) is 18.2 Å². The fourth-order valence-electron chi connectivity index (χ4n) is 2.73. The summed E-state index contributed by atoms with van der Waals surface area (Å²) in [7, 11) is 1.44. The quantitative estimate of drug-likeness (QED) is 0.336. The molecule has 0 aliphatic carbocycles. The van der Waals surface area contributed by atoms with Crippen LogP contribution in [0.2, 0.25) is 0 Å². The van der Waals surface area contributed by atoms with Gasteiger partial charge in [0.15, 0.2) is 0 Å². The lowest BCUT2D eigenvalue weighted by Gasteiger charge is -2.03. The molecule has 0 saturated heterocycles. The topological polar surface area (TPSA) is 46.5 Å². The van der Waals surface area contributed by atoms with Crippen LogP contribution < -0.4 is 0 Å². The van der Waals surface area contributed by atoms with E-state index in [2.05, 4.69) is 29.9 Å². The molecule has 142 valence electrons. The lowest BCUT2D eigenvalue weighted by Crippen LogP contribution is -2.00. The molecule has 1 heterocycles. The standard InChI is InChI=1S/C21H34O3S/c1-3-4-8-11-18(22)14-15-20-17-16-19(25-20)12-9-6-5-7-10-13-21(23)24-2/h14-18,22H,3-13H2,1-2H3. The first-order valence-corrected chi connectivity index (χ1v) is 10.5. The number of carbonyl (C=O) groups is 1. The summed E-state index contributed by atoms with van der Waals surface area (Å²) >= 11 is 1.82. The van der Waals surface area contributed by atoms with Gasteiger partial charge in [-0.3, -0.25) is 4.79 Å². The van der Waals surface area contributed by atoms with Crippen molar-refractivity contribution < 1.29 is 14.6 Å².